The second-order valence-electron chi connectivity index (χ2n) is 7.31. The van der Waals surface area contributed by atoms with Gasteiger partial charge in [0.15, 0.2) is 5.82 Å². The van der Waals surface area contributed by atoms with Crippen LogP contribution in [0.2, 0.25) is 0 Å². The Labute approximate surface area is 209 Å². The van der Waals surface area contributed by atoms with E-state index in [0.717, 1.165) is 10.8 Å². The fourth-order valence-corrected chi connectivity index (χ4v) is 4.16. The molecule has 37 heavy (non-hydrogen) atoms. The molecule has 4 rings (SSSR count). The third kappa shape index (κ3) is 5.48. The summed E-state index contributed by atoms with van der Waals surface area (Å²) in [5.41, 5.74) is -1.28. The summed E-state index contributed by atoms with van der Waals surface area (Å²) in [5, 5.41) is 10.6. The van der Waals surface area contributed by atoms with Gasteiger partial charge in [-0.05, 0) is 36.4 Å². The van der Waals surface area contributed by atoms with Crippen molar-refractivity contribution in [3.05, 3.63) is 87.1 Å². The third-order valence-electron chi connectivity index (χ3n) is 4.94. The Kier molecular flexibility index (Phi) is 7.01. The Bertz CT molecular complexity index is 1660. The second-order valence-corrected chi connectivity index (χ2v) is 8.99. The molecule has 0 aliphatic rings. The molecule has 0 fully saturated rings. The summed E-state index contributed by atoms with van der Waals surface area (Å²) >= 11 is 0. The molecule has 0 unspecified atom stereocenters. The summed E-state index contributed by atoms with van der Waals surface area (Å²) < 4.78 is 38.8. The van der Waals surface area contributed by atoms with Gasteiger partial charge in [-0.1, -0.05) is 18.2 Å². The predicted molar refractivity (Wildman–Crippen MR) is 134 cm³/mol. The quantitative estimate of drug-likeness (QED) is 0.289. The molecule has 0 bridgehead atoms. The Balaban J connectivity index is 1.59. The van der Waals surface area contributed by atoms with Crippen molar-refractivity contribution in [2.75, 3.05) is 18.9 Å². The van der Waals surface area contributed by atoms with Crippen molar-refractivity contribution in [3.8, 4) is 23.5 Å². The number of anilines is 1. The maximum absolute atomic E-state index is 12.8. The average molecular weight is 525 g/mol. The van der Waals surface area contributed by atoms with E-state index >= 15 is 0 Å². The fraction of sp³-hybridized carbons (Fsp3) is 0.0870. The zero-order valence-electron chi connectivity index (χ0n) is 19.4. The highest BCUT2D eigenvalue weighted by Gasteiger charge is 2.17. The highest BCUT2D eigenvalue weighted by Crippen LogP contribution is 2.22. The van der Waals surface area contributed by atoms with E-state index in [1.807, 2.05) is 0 Å². The molecule has 0 saturated heterocycles. The highest BCUT2D eigenvalue weighted by atomic mass is 32.2. The first-order valence-corrected chi connectivity index (χ1v) is 12.0. The summed E-state index contributed by atoms with van der Waals surface area (Å²) in [6.07, 6.45) is 1.08. The van der Waals surface area contributed by atoms with Crippen molar-refractivity contribution in [1.29, 1.82) is 0 Å². The molecule has 0 spiro atoms. The van der Waals surface area contributed by atoms with E-state index in [4.69, 9.17) is 9.47 Å². The highest BCUT2D eigenvalue weighted by molar-refractivity contribution is 7.92. The Morgan fingerprint density at radius 2 is 1.73 bits per heavy atom. The number of hydrogen-bond acceptors (Lipinski definition) is 10. The summed E-state index contributed by atoms with van der Waals surface area (Å²) in [5.74, 6) is -0.553. The molecule has 0 amide bonds. The first-order chi connectivity index (χ1) is 17.7. The molecule has 0 aliphatic carbocycles. The standard InChI is InChI=1S/C23H20N6O7S/c1-35-19-12-18(25-22(26-19)36-2)28-37(33,34)16-10-8-14(9-11-16)24-13-17-20(30)27-23(32)29(21(17)31)15-6-4-3-5-7-15/h3-13,31H,1-2H3,(H,25,26,28)(H,27,30,32). The van der Waals surface area contributed by atoms with E-state index in [-0.39, 0.29) is 33.9 Å². The van der Waals surface area contributed by atoms with Crippen LogP contribution in [0.1, 0.15) is 5.56 Å². The van der Waals surface area contributed by atoms with E-state index in [1.54, 1.807) is 30.3 Å². The number of benzene rings is 2. The number of H-pyrrole nitrogens is 1. The number of para-hydroxylation sites is 1. The number of nitrogens with one attached hydrogen (secondary N) is 2. The summed E-state index contributed by atoms with van der Waals surface area (Å²) in [6, 6.07) is 14.8. The third-order valence-corrected chi connectivity index (χ3v) is 6.31. The van der Waals surface area contributed by atoms with Crippen LogP contribution in [-0.2, 0) is 10.0 Å². The SMILES string of the molecule is COc1cc(NS(=O)(=O)c2ccc(N=Cc3c(O)n(-c4ccccc4)c(=O)[nH]c3=O)cc2)nc(OC)n1. The van der Waals surface area contributed by atoms with Gasteiger partial charge in [0.25, 0.3) is 15.6 Å². The molecule has 190 valence electrons. The Hall–Kier alpha value is -4.98. The van der Waals surface area contributed by atoms with Crippen molar-refractivity contribution in [1.82, 2.24) is 19.5 Å². The molecule has 14 heteroatoms. The van der Waals surface area contributed by atoms with Crippen LogP contribution in [-0.4, -0.2) is 53.5 Å². The van der Waals surface area contributed by atoms with Gasteiger partial charge in [-0.15, -0.1) is 0 Å². The van der Waals surface area contributed by atoms with Gasteiger partial charge in [0.2, 0.25) is 11.8 Å². The van der Waals surface area contributed by atoms with Crippen molar-refractivity contribution in [2.24, 2.45) is 4.99 Å². The van der Waals surface area contributed by atoms with Crippen LogP contribution in [0.4, 0.5) is 11.5 Å². The van der Waals surface area contributed by atoms with Crippen LogP contribution in [0.3, 0.4) is 0 Å². The number of aliphatic imine (C=N–C) groups is 1. The van der Waals surface area contributed by atoms with Gasteiger partial charge >= 0.3 is 11.7 Å². The molecule has 3 N–H and O–H groups in total. The average Bonchev–Trinajstić information content (AvgIpc) is 2.88. The number of aromatic amines is 1. The second kappa shape index (κ2) is 10.3. The molecule has 0 atom stereocenters. The Morgan fingerprint density at radius 1 is 1.03 bits per heavy atom. The van der Waals surface area contributed by atoms with Crippen molar-refractivity contribution < 1.29 is 23.0 Å². The monoisotopic (exact) mass is 524 g/mol. The van der Waals surface area contributed by atoms with Crippen LogP contribution in [0.15, 0.2) is 80.1 Å². The van der Waals surface area contributed by atoms with Gasteiger partial charge in [-0.25, -0.2) is 17.8 Å². The van der Waals surface area contributed by atoms with Gasteiger partial charge in [0.1, 0.15) is 5.56 Å². The number of sulfonamides is 1. The molecule has 0 saturated carbocycles. The van der Waals surface area contributed by atoms with E-state index < -0.39 is 27.2 Å². The molecule has 2 heterocycles. The van der Waals surface area contributed by atoms with E-state index in [1.165, 1.54) is 44.6 Å². The summed E-state index contributed by atoms with van der Waals surface area (Å²) in [6.45, 7) is 0. The van der Waals surface area contributed by atoms with Gasteiger partial charge in [-0.2, -0.15) is 9.97 Å². The minimum atomic E-state index is -4.04. The number of ether oxygens (including phenoxy) is 2. The fourth-order valence-electron chi connectivity index (χ4n) is 3.17. The Morgan fingerprint density at radius 3 is 2.38 bits per heavy atom. The molecule has 2 aromatic carbocycles. The van der Waals surface area contributed by atoms with Crippen molar-refractivity contribution in [2.45, 2.75) is 4.90 Å². The first-order valence-electron chi connectivity index (χ1n) is 10.5. The van der Waals surface area contributed by atoms with E-state index in [0.29, 0.717) is 5.69 Å². The minimum Gasteiger partial charge on any atom is -0.493 e. The van der Waals surface area contributed by atoms with Gasteiger partial charge in [0.05, 0.1) is 30.5 Å². The lowest BCUT2D eigenvalue weighted by atomic mass is 10.3. The lowest BCUT2D eigenvalue weighted by molar-refractivity contribution is 0.353. The van der Waals surface area contributed by atoms with Crippen LogP contribution in [0.25, 0.3) is 5.69 Å². The number of nitrogens with zero attached hydrogens (tertiary/aromatic N) is 4. The number of hydrogen-bond donors (Lipinski definition) is 3. The number of methoxy groups -OCH3 is 2. The largest absolute Gasteiger partial charge is 0.493 e. The number of rotatable bonds is 8. The zero-order chi connectivity index (χ0) is 26.6. The normalized spacial score (nSPS) is 11.4. The summed E-state index contributed by atoms with van der Waals surface area (Å²) in [4.78, 5) is 38.5. The molecule has 0 radical (unpaired) electrons. The lowest BCUT2D eigenvalue weighted by Gasteiger charge is -2.10. The number of aromatic hydroxyl groups is 1. The molecular weight excluding hydrogens is 504 g/mol. The van der Waals surface area contributed by atoms with Gasteiger partial charge in [0, 0.05) is 12.3 Å². The molecule has 2 aromatic heterocycles. The molecular formula is C23H20N6O7S. The van der Waals surface area contributed by atoms with Crippen molar-refractivity contribution >= 4 is 27.7 Å². The predicted octanol–water partition coefficient (Wildman–Crippen LogP) is 1.59. The lowest BCUT2D eigenvalue weighted by Crippen LogP contribution is -2.31. The smallest absolute Gasteiger partial charge is 0.335 e. The number of aromatic nitrogens is 4. The summed E-state index contributed by atoms with van der Waals surface area (Å²) in [7, 11) is -1.34. The van der Waals surface area contributed by atoms with Crippen molar-refractivity contribution in [3.63, 3.8) is 0 Å². The molecule has 13 nitrogen and oxygen atoms in total. The molecule has 0 aliphatic heterocycles. The van der Waals surface area contributed by atoms with Crippen LogP contribution >= 0.6 is 0 Å². The topological polar surface area (TPSA) is 178 Å². The van der Waals surface area contributed by atoms with Crippen LogP contribution < -0.4 is 25.4 Å². The zero-order valence-corrected chi connectivity index (χ0v) is 20.3. The first kappa shape index (κ1) is 25.1. The van der Waals surface area contributed by atoms with Crippen LogP contribution in [0.5, 0.6) is 17.8 Å². The van der Waals surface area contributed by atoms with Gasteiger partial charge in [-0.3, -0.25) is 19.5 Å². The maximum Gasteiger partial charge on any atom is 0.335 e. The van der Waals surface area contributed by atoms with Crippen LogP contribution in [0, 0.1) is 0 Å². The van der Waals surface area contributed by atoms with E-state index in [9.17, 15) is 23.1 Å². The van der Waals surface area contributed by atoms with E-state index in [2.05, 4.69) is 24.7 Å². The minimum absolute atomic E-state index is 0.0611. The molecule has 4 aromatic rings. The maximum atomic E-state index is 12.8. The van der Waals surface area contributed by atoms with Gasteiger partial charge < -0.3 is 14.6 Å².